The second kappa shape index (κ2) is 10.6. The van der Waals surface area contributed by atoms with Crippen molar-refractivity contribution in [2.24, 2.45) is 5.92 Å². The molecule has 6 heteroatoms. The number of likely N-dealkylation sites (tertiary alicyclic amines) is 1. The maximum atomic E-state index is 12.8. The maximum Gasteiger partial charge on any atom is 0.509 e. The number of halogens is 1. The predicted octanol–water partition coefficient (Wildman–Crippen LogP) is 5.54. The fourth-order valence-electron chi connectivity index (χ4n) is 3.70. The number of carbonyl (C=O) groups is 2. The van der Waals surface area contributed by atoms with Gasteiger partial charge in [-0.3, -0.25) is 9.69 Å². The lowest BCUT2D eigenvalue weighted by molar-refractivity contribution is -0.00711. The van der Waals surface area contributed by atoms with Crippen LogP contribution in [0.2, 0.25) is 5.02 Å². The molecule has 1 aliphatic rings. The van der Waals surface area contributed by atoms with Crippen LogP contribution in [0.1, 0.15) is 48.7 Å². The van der Waals surface area contributed by atoms with E-state index in [9.17, 15) is 9.59 Å². The molecule has 0 bridgehead atoms. The summed E-state index contributed by atoms with van der Waals surface area (Å²) in [6.07, 6.45) is 0.219. The average Bonchev–Trinajstić information content (AvgIpc) is 2.73. The molecule has 30 heavy (non-hydrogen) atoms. The molecular formula is C24H28ClNO4. The quantitative estimate of drug-likeness (QED) is 0.427. The lowest BCUT2D eigenvalue weighted by atomic mass is 9.88. The van der Waals surface area contributed by atoms with Crippen molar-refractivity contribution in [2.75, 3.05) is 19.6 Å². The molecule has 2 aromatic rings. The molecule has 2 aromatic carbocycles. The molecule has 5 nitrogen and oxygen atoms in total. The number of piperidine rings is 1. The van der Waals surface area contributed by atoms with E-state index in [2.05, 4.69) is 4.90 Å². The van der Waals surface area contributed by atoms with Gasteiger partial charge in [-0.15, -0.1) is 0 Å². The summed E-state index contributed by atoms with van der Waals surface area (Å²) in [6, 6.07) is 16.8. The first-order valence-electron chi connectivity index (χ1n) is 10.4. The Kier molecular flexibility index (Phi) is 7.88. The molecule has 160 valence electrons. The Morgan fingerprint density at radius 1 is 1.03 bits per heavy atom. The number of hydrogen-bond donors (Lipinski definition) is 0. The van der Waals surface area contributed by atoms with Gasteiger partial charge in [0.25, 0.3) is 0 Å². The molecule has 1 atom stereocenters. The molecule has 0 amide bonds. The zero-order valence-electron chi connectivity index (χ0n) is 17.4. The van der Waals surface area contributed by atoms with Gasteiger partial charge in [0, 0.05) is 23.0 Å². The number of ether oxygens (including phenoxy) is 2. The topological polar surface area (TPSA) is 55.8 Å². The van der Waals surface area contributed by atoms with Crippen molar-refractivity contribution in [3.05, 3.63) is 70.7 Å². The van der Waals surface area contributed by atoms with Crippen molar-refractivity contribution in [3.63, 3.8) is 0 Å². The van der Waals surface area contributed by atoms with Gasteiger partial charge in [0.05, 0.1) is 6.10 Å². The van der Waals surface area contributed by atoms with Crippen LogP contribution in [-0.4, -0.2) is 42.6 Å². The van der Waals surface area contributed by atoms with Gasteiger partial charge in [0.1, 0.15) is 6.10 Å². The van der Waals surface area contributed by atoms with Gasteiger partial charge in [-0.1, -0.05) is 54.1 Å². The number of benzene rings is 2. The van der Waals surface area contributed by atoms with Crippen LogP contribution in [0.3, 0.4) is 0 Å². The number of carbonyl (C=O) groups excluding carboxylic acids is 2. The number of rotatable bonds is 7. The minimum absolute atomic E-state index is 0.0123. The first kappa shape index (κ1) is 22.3. The fraction of sp³-hybridized carbons (Fsp3) is 0.417. The van der Waals surface area contributed by atoms with Gasteiger partial charge < -0.3 is 9.47 Å². The van der Waals surface area contributed by atoms with Crippen molar-refractivity contribution in [3.8, 4) is 0 Å². The lowest BCUT2D eigenvalue weighted by Crippen LogP contribution is -2.39. The van der Waals surface area contributed by atoms with Crippen LogP contribution in [0.15, 0.2) is 54.6 Å². The van der Waals surface area contributed by atoms with E-state index in [1.165, 1.54) is 0 Å². The second-order valence-corrected chi connectivity index (χ2v) is 8.32. The predicted molar refractivity (Wildman–Crippen MR) is 117 cm³/mol. The number of hydrogen-bond acceptors (Lipinski definition) is 5. The summed E-state index contributed by atoms with van der Waals surface area (Å²) in [6.45, 7) is 5.68. The molecule has 0 spiro atoms. The van der Waals surface area contributed by atoms with Gasteiger partial charge in [-0.25, -0.2) is 4.79 Å². The molecule has 3 rings (SSSR count). The standard InChI is InChI=1S/C24H28ClNO4/c1-17(2)29-24(28)30-22(18-7-4-3-5-8-18)16-26-13-11-19(12-14-26)23(27)20-9-6-10-21(25)15-20/h3-10,15,17,19,22H,11-14,16H2,1-2H3. The maximum absolute atomic E-state index is 12.8. The molecular weight excluding hydrogens is 402 g/mol. The minimum Gasteiger partial charge on any atom is -0.432 e. The smallest absolute Gasteiger partial charge is 0.432 e. The molecule has 0 aromatic heterocycles. The summed E-state index contributed by atoms with van der Waals surface area (Å²) >= 11 is 6.03. The SMILES string of the molecule is CC(C)OC(=O)OC(CN1CCC(C(=O)c2cccc(Cl)c2)CC1)c1ccccc1. The van der Waals surface area contributed by atoms with Crippen LogP contribution in [0.25, 0.3) is 0 Å². The van der Waals surface area contributed by atoms with Crippen molar-refractivity contribution in [2.45, 2.75) is 38.9 Å². The lowest BCUT2D eigenvalue weighted by Gasteiger charge is -2.33. The van der Waals surface area contributed by atoms with E-state index in [1.807, 2.05) is 42.5 Å². The summed E-state index contributed by atoms with van der Waals surface area (Å²) in [5.41, 5.74) is 1.60. The zero-order valence-corrected chi connectivity index (χ0v) is 18.2. The Hall–Kier alpha value is -2.37. The first-order chi connectivity index (χ1) is 14.4. The Labute approximate surface area is 182 Å². The van der Waals surface area contributed by atoms with Crippen LogP contribution in [-0.2, 0) is 9.47 Å². The van der Waals surface area contributed by atoms with Gasteiger partial charge in [-0.2, -0.15) is 0 Å². The first-order valence-corrected chi connectivity index (χ1v) is 10.7. The highest BCUT2D eigenvalue weighted by molar-refractivity contribution is 6.31. The van der Waals surface area contributed by atoms with E-state index >= 15 is 0 Å². The van der Waals surface area contributed by atoms with Crippen molar-refractivity contribution in [1.82, 2.24) is 4.90 Å². The summed E-state index contributed by atoms with van der Waals surface area (Å²) in [5, 5.41) is 0.578. The third kappa shape index (κ3) is 6.31. The Balaban J connectivity index is 1.60. The van der Waals surface area contributed by atoms with Gasteiger partial charge in [-0.05, 0) is 57.5 Å². The summed E-state index contributed by atoms with van der Waals surface area (Å²) in [4.78, 5) is 27.1. The van der Waals surface area contributed by atoms with Crippen LogP contribution < -0.4 is 0 Å². The van der Waals surface area contributed by atoms with E-state index in [1.54, 1.807) is 26.0 Å². The highest BCUT2D eigenvalue weighted by Crippen LogP contribution is 2.26. The van der Waals surface area contributed by atoms with Gasteiger partial charge in [0.2, 0.25) is 0 Å². The van der Waals surface area contributed by atoms with E-state index in [0.717, 1.165) is 31.5 Å². The normalized spacial score (nSPS) is 16.3. The van der Waals surface area contributed by atoms with Crippen molar-refractivity contribution >= 4 is 23.5 Å². The molecule has 1 fully saturated rings. The van der Waals surface area contributed by atoms with Crippen LogP contribution in [0.4, 0.5) is 4.79 Å². The van der Waals surface area contributed by atoms with Crippen LogP contribution in [0.5, 0.6) is 0 Å². The largest absolute Gasteiger partial charge is 0.509 e. The Morgan fingerprint density at radius 3 is 2.37 bits per heavy atom. The molecule has 0 saturated carbocycles. The summed E-state index contributed by atoms with van der Waals surface area (Å²) in [7, 11) is 0. The zero-order chi connectivity index (χ0) is 21.5. The summed E-state index contributed by atoms with van der Waals surface area (Å²) in [5.74, 6) is 0.134. The molecule has 0 N–H and O–H groups in total. The number of ketones is 1. The highest BCUT2D eigenvalue weighted by Gasteiger charge is 2.29. The van der Waals surface area contributed by atoms with E-state index in [4.69, 9.17) is 21.1 Å². The molecule has 1 heterocycles. The monoisotopic (exact) mass is 429 g/mol. The molecule has 1 saturated heterocycles. The Bertz CT molecular complexity index is 847. The summed E-state index contributed by atoms with van der Waals surface area (Å²) < 4.78 is 10.8. The Morgan fingerprint density at radius 2 is 1.73 bits per heavy atom. The molecule has 0 radical (unpaired) electrons. The number of Topliss-reactive ketones (excluding diaryl/α,β-unsaturated/α-hetero) is 1. The van der Waals surface area contributed by atoms with E-state index in [-0.39, 0.29) is 17.8 Å². The van der Waals surface area contributed by atoms with Crippen molar-refractivity contribution < 1.29 is 19.1 Å². The molecule has 0 aliphatic carbocycles. The van der Waals surface area contributed by atoms with Gasteiger partial charge >= 0.3 is 6.16 Å². The van der Waals surface area contributed by atoms with E-state index in [0.29, 0.717) is 17.1 Å². The fourth-order valence-corrected chi connectivity index (χ4v) is 3.89. The average molecular weight is 430 g/mol. The number of nitrogens with zero attached hydrogens (tertiary/aromatic N) is 1. The third-order valence-electron chi connectivity index (χ3n) is 5.23. The van der Waals surface area contributed by atoms with E-state index < -0.39 is 12.3 Å². The third-order valence-corrected chi connectivity index (χ3v) is 5.47. The van der Waals surface area contributed by atoms with Crippen molar-refractivity contribution in [1.29, 1.82) is 0 Å². The highest BCUT2D eigenvalue weighted by atomic mass is 35.5. The second-order valence-electron chi connectivity index (χ2n) is 7.88. The van der Waals surface area contributed by atoms with Crippen LogP contribution >= 0.6 is 11.6 Å². The van der Waals surface area contributed by atoms with Gasteiger partial charge in [0.15, 0.2) is 5.78 Å². The minimum atomic E-state index is -0.662. The molecule has 1 aliphatic heterocycles. The molecule has 1 unspecified atom stereocenters. The van der Waals surface area contributed by atoms with Crippen LogP contribution in [0, 0.1) is 5.92 Å².